The topological polar surface area (TPSA) is 374 Å². The van der Waals surface area contributed by atoms with Crippen LogP contribution in [0.3, 0.4) is 0 Å². The van der Waals surface area contributed by atoms with Crippen LogP contribution < -0.4 is 59.0 Å². The standard InChI is InChI=1S/C64H97N15O10/c1-5-7-9-10-11-12-13-14-15-16-20-32-56(81)67-34-25-35-69-58(83)42-73-72-41-57(82)68-33-24-23-31-52(62(87)77-53(59(65)84)37-47-39-70-50-30-22-21-28-49(47)50)76-63(88)54(36-46-26-18-17-19-27-46)79-64(89)55(38-48-40-66-43-71-48)78-60(85)44(3)74-61(86)51(29-8-6-2)75-45(4)80/h17-19,21-22,26-28,30,39-40,42-44,51-55,70,72H,5-16,20,23-25,29,31-38,41H2,1-4H3,(H2,65,84)(H,66,71)(H,67,81)(H,68,82)(H,69,83)(H,74,86)(H,75,80)(H,76,88)(H,77,87)(H,78,85)(H,79,89)/b73-42+/t44-,51-,52-,53-,54+,55-/m0/s1. The van der Waals surface area contributed by atoms with Crippen LogP contribution in [0.25, 0.3) is 10.9 Å². The Morgan fingerprint density at radius 1 is 0.551 bits per heavy atom. The molecule has 2 heterocycles. The Labute approximate surface area is 522 Å². The molecule has 0 fully saturated rings. The van der Waals surface area contributed by atoms with E-state index in [1.165, 1.54) is 77.7 Å². The van der Waals surface area contributed by atoms with E-state index in [1.54, 1.807) is 36.5 Å². The molecule has 0 aliphatic rings. The summed E-state index contributed by atoms with van der Waals surface area (Å²) >= 11 is 0. The number of benzene rings is 2. The highest BCUT2D eigenvalue weighted by molar-refractivity contribution is 6.26. The first kappa shape index (κ1) is 72.8. The second kappa shape index (κ2) is 42.3. The minimum Gasteiger partial charge on any atom is -0.368 e. The average Bonchev–Trinajstić information content (AvgIpc) is 3.89. The molecule has 0 spiro atoms. The number of imidazole rings is 1. The number of hydrogen-bond donors (Lipinski definition) is 13. The predicted octanol–water partition coefficient (Wildman–Crippen LogP) is 3.73. The normalized spacial score (nSPS) is 13.2. The average molecular weight is 1240 g/mol. The van der Waals surface area contributed by atoms with Crippen LogP contribution in [0.1, 0.15) is 167 Å². The van der Waals surface area contributed by atoms with Gasteiger partial charge in [-0.15, -0.1) is 0 Å². The number of rotatable bonds is 46. The van der Waals surface area contributed by atoms with Crippen LogP contribution in [0.5, 0.6) is 0 Å². The van der Waals surface area contributed by atoms with E-state index in [2.05, 4.69) is 80.3 Å². The van der Waals surface area contributed by atoms with Crippen molar-refractivity contribution in [3.05, 3.63) is 90.1 Å². The highest BCUT2D eigenvalue weighted by Crippen LogP contribution is 2.20. The van der Waals surface area contributed by atoms with E-state index >= 15 is 0 Å². The van der Waals surface area contributed by atoms with Crippen molar-refractivity contribution in [2.24, 2.45) is 10.8 Å². The number of carbonyl (C=O) groups is 10. The maximum atomic E-state index is 14.7. The van der Waals surface area contributed by atoms with Crippen LogP contribution in [0.15, 0.2) is 78.4 Å². The summed E-state index contributed by atoms with van der Waals surface area (Å²) in [5.41, 5.74) is 11.0. The van der Waals surface area contributed by atoms with Crippen molar-refractivity contribution in [1.29, 1.82) is 0 Å². The van der Waals surface area contributed by atoms with Gasteiger partial charge in [-0.05, 0) is 62.6 Å². The van der Waals surface area contributed by atoms with Crippen molar-refractivity contribution >= 4 is 76.2 Å². The van der Waals surface area contributed by atoms with Crippen molar-refractivity contribution in [3.63, 3.8) is 0 Å². The summed E-state index contributed by atoms with van der Waals surface area (Å²) in [6.45, 7) is 7.54. The number of unbranched alkanes of at least 4 members (excludes halogenated alkanes) is 12. The summed E-state index contributed by atoms with van der Waals surface area (Å²) < 4.78 is 0. The zero-order chi connectivity index (χ0) is 64.6. The Kier molecular flexibility index (Phi) is 34.6. The fourth-order valence-electron chi connectivity index (χ4n) is 9.91. The number of aromatic amines is 2. The van der Waals surface area contributed by atoms with Gasteiger partial charge in [0.05, 0.1) is 6.33 Å². The van der Waals surface area contributed by atoms with E-state index in [0.29, 0.717) is 62.0 Å². The maximum absolute atomic E-state index is 14.7. The van der Waals surface area contributed by atoms with Crippen LogP contribution in [0.4, 0.5) is 0 Å². The summed E-state index contributed by atoms with van der Waals surface area (Å²) in [6, 6.07) is 8.98. The third kappa shape index (κ3) is 29.7. The SMILES string of the molecule is CCCCCCCCCCCCCC(=O)NCCCNC(=O)/C=N/NCC(=O)NCCCC[C@H](NC(=O)[C@@H](Cc1ccccc1)NC(=O)[C@H](Cc1cnc[nH]1)NC(=O)[C@H](C)NC(=O)[C@H](CCCC)NC(C)=O)C(=O)N[C@@H](Cc1c[nH]c2ccccc12)C(N)=O. The number of para-hydroxylation sites is 1. The number of nitrogens with one attached hydrogen (secondary N) is 12. The Morgan fingerprint density at radius 3 is 1.79 bits per heavy atom. The maximum Gasteiger partial charge on any atom is 0.264 e. The summed E-state index contributed by atoms with van der Waals surface area (Å²) in [6.07, 6.45) is 22.2. The highest BCUT2D eigenvalue weighted by Gasteiger charge is 2.33. The third-order valence-corrected chi connectivity index (χ3v) is 14.9. The fourth-order valence-corrected chi connectivity index (χ4v) is 9.91. The number of aromatic nitrogens is 3. The van der Waals surface area contributed by atoms with Gasteiger partial charge in [-0.1, -0.05) is 139 Å². The minimum atomic E-state index is -1.35. The minimum absolute atomic E-state index is 0.00262. The smallest absolute Gasteiger partial charge is 0.264 e. The number of hydrazone groups is 1. The van der Waals surface area contributed by atoms with Crippen molar-refractivity contribution in [3.8, 4) is 0 Å². The van der Waals surface area contributed by atoms with Gasteiger partial charge in [0.2, 0.25) is 53.2 Å². The Bertz CT molecular complexity index is 2850. The van der Waals surface area contributed by atoms with Gasteiger partial charge in [0.15, 0.2) is 0 Å². The Morgan fingerprint density at radius 2 is 1.11 bits per heavy atom. The number of amides is 10. The van der Waals surface area contributed by atoms with Gasteiger partial charge in [-0.25, -0.2) is 4.98 Å². The molecule has 488 valence electrons. The molecule has 0 saturated carbocycles. The quantitative estimate of drug-likeness (QED) is 0.0171. The molecule has 0 radical (unpaired) electrons. The summed E-state index contributed by atoms with van der Waals surface area (Å²) in [5, 5.41) is 29.2. The second-order valence-corrected chi connectivity index (χ2v) is 22.5. The molecule has 10 amide bonds. The van der Waals surface area contributed by atoms with E-state index in [4.69, 9.17) is 5.73 Å². The van der Waals surface area contributed by atoms with Gasteiger partial charge in [0.25, 0.3) is 5.91 Å². The van der Waals surface area contributed by atoms with Crippen LogP contribution in [0, 0.1) is 0 Å². The van der Waals surface area contributed by atoms with E-state index in [1.807, 2.05) is 31.2 Å². The van der Waals surface area contributed by atoms with Gasteiger partial charge < -0.3 is 69.0 Å². The molecule has 89 heavy (non-hydrogen) atoms. The van der Waals surface area contributed by atoms with Gasteiger partial charge in [-0.3, -0.25) is 47.9 Å². The van der Waals surface area contributed by atoms with Gasteiger partial charge in [0.1, 0.15) is 49.0 Å². The molecule has 25 heteroatoms. The molecule has 4 rings (SSSR count). The van der Waals surface area contributed by atoms with Crippen molar-refractivity contribution in [1.82, 2.24) is 68.2 Å². The first-order chi connectivity index (χ1) is 43.0. The molecule has 14 N–H and O–H groups in total. The largest absolute Gasteiger partial charge is 0.368 e. The molecule has 2 aromatic carbocycles. The van der Waals surface area contributed by atoms with Crippen LogP contribution in [-0.4, -0.2) is 143 Å². The highest BCUT2D eigenvalue weighted by atomic mass is 16.2. The molecule has 4 aromatic rings. The summed E-state index contributed by atoms with van der Waals surface area (Å²) in [7, 11) is 0. The van der Waals surface area contributed by atoms with Crippen LogP contribution in [-0.2, 0) is 67.2 Å². The molecule has 2 aromatic heterocycles. The molecular formula is C64H97N15O10. The molecular weight excluding hydrogens is 1140 g/mol. The third-order valence-electron chi connectivity index (χ3n) is 14.9. The first-order valence-electron chi connectivity index (χ1n) is 31.7. The fraction of sp³-hybridized carbons (Fsp3) is 0.562. The molecule has 0 aliphatic heterocycles. The van der Waals surface area contributed by atoms with Crippen molar-refractivity contribution in [2.75, 3.05) is 26.2 Å². The molecule has 25 nitrogen and oxygen atoms in total. The van der Waals surface area contributed by atoms with Crippen LogP contribution in [0.2, 0.25) is 0 Å². The molecule has 0 unspecified atom stereocenters. The predicted molar refractivity (Wildman–Crippen MR) is 341 cm³/mol. The number of nitrogens with zero attached hydrogens (tertiary/aromatic N) is 2. The zero-order valence-corrected chi connectivity index (χ0v) is 52.4. The summed E-state index contributed by atoms with van der Waals surface area (Å²) in [5.74, 6) is -5.77. The van der Waals surface area contributed by atoms with Crippen LogP contribution >= 0.6 is 0 Å². The number of H-pyrrole nitrogens is 2. The Balaban J connectivity index is 1.35. The molecule has 0 aliphatic carbocycles. The number of carbonyl (C=O) groups excluding carboxylic acids is 10. The van der Waals surface area contributed by atoms with Crippen molar-refractivity contribution in [2.45, 2.75) is 205 Å². The van der Waals surface area contributed by atoms with Crippen molar-refractivity contribution < 1.29 is 47.9 Å². The zero-order valence-electron chi connectivity index (χ0n) is 52.4. The number of nitrogens with two attached hydrogens (primary N) is 1. The lowest BCUT2D eigenvalue weighted by atomic mass is 10.0. The Hall–Kier alpha value is -8.64. The van der Waals surface area contributed by atoms with E-state index in [-0.39, 0.29) is 51.1 Å². The first-order valence-corrected chi connectivity index (χ1v) is 31.7. The molecule has 6 atom stereocenters. The number of primary amides is 1. The monoisotopic (exact) mass is 1240 g/mol. The number of hydrogen-bond acceptors (Lipinski definition) is 13. The van der Waals surface area contributed by atoms with E-state index in [0.717, 1.165) is 42.8 Å². The van der Waals surface area contributed by atoms with Gasteiger partial charge >= 0.3 is 0 Å². The lowest BCUT2D eigenvalue weighted by Crippen LogP contribution is -2.60. The van der Waals surface area contributed by atoms with Gasteiger partial charge in [0, 0.05) is 81.2 Å². The lowest BCUT2D eigenvalue weighted by Gasteiger charge is -2.27. The lowest BCUT2D eigenvalue weighted by molar-refractivity contribution is -0.135. The number of fused-ring (bicyclic) bond motifs is 1. The molecule has 0 bridgehead atoms. The molecule has 0 saturated heterocycles. The van der Waals surface area contributed by atoms with Gasteiger partial charge in [-0.2, -0.15) is 5.10 Å². The summed E-state index contributed by atoms with van der Waals surface area (Å²) in [4.78, 5) is 143. The van der Waals surface area contributed by atoms with E-state index < -0.39 is 89.4 Å². The van der Waals surface area contributed by atoms with E-state index in [9.17, 15) is 47.9 Å². The second-order valence-electron chi connectivity index (χ2n) is 22.5.